The molecular weight excluding hydrogens is 236 g/mol. The van der Waals surface area contributed by atoms with E-state index in [2.05, 4.69) is 20.2 Å². The number of carbonyl (C=O) groups excluding carboxylic acids is 1. The standard InChI is InChI=1S/C11H14N4O3/c1-4-9-10(11(16)17-3)12-14-15(9)6-8-5-7(2)18-13-8/h5H,4,6H2,1-3H3. The molecule has 18 heavy (non-hydrogen) atoms. The summed E-state index contributed by atoms with van der Waals surface area (Å²) in [6.07, 6.45) is 0.633. The SMILES string of the molecule is CCc1c(C(=O)OC)nnn1Cc1cc(C)on1. The fourth-order valence-corrected chi connectivity index (χ4v) is 1.71. The number of aromatic nitrogens is 4. The molecule has 0 unspecified atom stereocenters. The van der Waals surface area contributed by atoms with Gasteiger partial charge >= 0.3 is 5.97 Å². The quantitative estimate of drug-likeness (QED) is 0.752. The van der Waals surface area contributed by atoms with Crippen LogP contribution in [0.4, 0.5) is 0 Å². The van der Waals surface area contributed by atoms with Crippen LogP contribution in [0.1, 0.15) is 34.6 Å². The number of carbonyl (C=O) groups is 1. The van der Waals surface area contributed by atoms with E-state index >= 15 is 0 Å². The molecule has 0 spiro atoms. The summed E-state index contributed by atoms with van der Waals surface area (Å²) >= 11 is 0. The van der Waals surface area contributed by atoms with Crippen molar-refractivity contribution in [3.05, 3.63) is 28.9 Å². The lowest BCUT2D eigenvalue weighted by Crippen LogP contribution is -2.10. The minimum Gasteiger partial charge on any atom is -0.464 e. The summed E-state index contributed by atoms with van der Waals surface area (Å²) in [4.78, 5) is 11.5. The van der Waals surface area contributed by atoms with Crippen LogP contribution in [0.5, 0.6) is 0 Å². The largest absolute Gasteiger partial charge is 0.464 e. The zero-order chi connectivity index (χ0) is 13.1. The Morgan fingerprint density at radius 3 is 2.89 bits per heavy atom. The first-order valence-corrected chi connectivity index (χ1v) is 5.58. The second kappa shape index (κ2) is 4.99. The molecule has 2 rings (SSSR count). The number of nitrogens with zero attached hydrogens (tertiary/aromatic N) is 4. The van der Waals surface area contributed by atoms with E-state index in [9.17, 15) is 4.79 Å². The average Bonchev–Trinajstić information content (AvgIpc) is 2.95. The van der Waals surface area contributed by atoms with Crippen molar-refractivity contribution in [3.8, 4) is 0 Å². The molecule has 7 heteroatoms. The molecule has 0 fully saturated rings. The van der Waals surface area contributed by atoms with Crippen molar-refractivity contribution in [1.29, 1.82) is 0 Å². The first-order chi connectivity index (χ1) is 8.65. The second-order valence-corrected chi connectivity index (χ2v) is 3.82. The summed E-state index contributed by atoms with van der Waals surface area (Å²) in [5.41, 5.74) is 1.71. The van der Waals surface area contributed by atoms with Gasteiger partial charge in [0.05, 0.1) is 19.3 Å². The van der Waals surface area contributed by atoms with E-state index in [0.29, 0.717) is 13.0 Å². The van der Waals surface area contributed by atoms with E-state index in [1.54, 1.807) is 4.68 Å². The molecule has 7 nitrogen and oxygen atoms in total. The van der Waals surface area contributed by atoms with Gasteiger partial charge in [0.2, 0.25) is 0 Å². The maximum absolute atomic E-state index is 11.5. The maximum atomic E-state index is 11.5. The lowest BCUT2D eigenvalue weighted by Gasteiger charge is -2.02. The first kappa shape index (κ1) is 12.3. The number of esters is 1. The minimum absolute atomic E-state index is 0.250. The molecule has 0 aliphatic heterocycles. The van der Waals surface area contributed by atoms with Crippen molar-refractivity contribution in [3.63, 3.8) is 0 Å². The van der Waals surface area contributed by atoms with Gasteiger partial charge in [-0.1, -0.05) is 17.3 Å². The normalized spacial score (nSPS) is 10.6. The molecule has 0 radical (unpaired) electrons. The van der Waals surface area contributed by atoms with Crippen molar-refractivity contribution in [2.45, 2.75) is 26.8 Å². The van der Waals surface area contributed by atoms with E-state index in [1.165, 1.54) is 7.11 Å². The number of ether oxygens (including phenoxy) is 1. The molecule has 0 aliphatic rings. The lowest BCUT2D eigenvalue weighted by atomic mass is 10.2. The fraction of sp³-hybridized carbons (Fsp3) is 0.455. The minimum atomic E-state index is -0.477. The van der Waals surface area contributed by atoms with Crippen LogP contribution in [0, 0.1) is 6.92 Å². The summed E-state index contributed by atoms with van der Waals surface area (Å²) in [6.45, 7) is 4.17. The average molecular weight is 250 g/mol. The highest BCUT2D eigenvalue weighted by molar-refractivity contribution is 5.88. The maximum Gasteiger partial charge on any atom is 0.360 e. The van der Waals surface area contributed by atoms with Gasteiger partial charge in [0.15, 0.2) is 5.69 Å². The van der Waals surface area contributed by atoms with Crippen molar-refractivity contribution in [2.24, 2.45) is 0 Å². The van der Waals surface area contributed by atoms with Crippen LogP contribution >= 0.6 is 0 Å². The highest BCUT2D eigenvalue weighted by atomic mass is 16.5. The van der Waals surface area contributed by atoms with Gasteiger partial charge in [-0.25, -0.2) is 9.48 Å². The van der Waals surface area contributed by atoms with Crippen LogP contribution in [0.2, 0.25) is 0 Å². The highest BCUT2D eigenvalue weighted by Crippen LogP contribution is 2.11. The summed E-state index contributed by atoms with van der Waals surface area (Å²) in [5, 5.41) is 11.7. The van der Waals surface area contributed by atoms with Gasteiger partial charge in [-0.15, -0.1) is 5.10 Å². The Balaban J connectivity index is 2.28. The number of hydrogen-bond acceptors (Lipinski definition) is 6. The van der Waals surface area contributed by atoms with Gasteiger partial charge < -0.3 is 9.26 Å². The predicted molar refractivity (Wildman–Crippen MR) is 61.1 cm³/mol. The van der Waals surface area contributed by atoms with Gasteiger partial charge in [0.1, 0.15) is 11.5 Å². The van der Waals surface area contributed by atoms with Crippen LogP contribution in [0.25, 0.3) is 0 Å². The van der Waals surface area contributed by atoms with Crippen LogP contribution in [0.15, 0.2) is 10.6 Å². The van der Waals surface area contributed by atoms with Gasteiger partial charge in [-0.05, 0) is 13.3 Å². The molecule has 0 aliphatic carbocycles. The zero-order valence-corrected chi connectivity index (χ0v) is 10.5. The van der Waals surface area contributed by atoms with E-state index in [1.807, 2.05) is 19.9 Å². The van der Waals surface area contributed by atoms with E-state index in [0.717, 1.165) is 17.1 Å². The lowest BCUT2D eigenvalue weighted by molar-refractivity contribution is 0.0592. The smallest absolute Gasteiger partial charge is 0.360 e. The first-order valence-electron chi connectivity index (χ1n) is 5.58. The third-order valence-electron chi connectivity index (χ3n) is 2.54. The Hall–Kier alpha value is -2.18. The second-order valence-electron chi connectivity index (χ2n) is 3.82. The summed E-state index contributed by atoms with van der Waals surface area (Å²) in [6, 6.07) is 1.82. The Morgan fingerprint density at radius 2 is 2.33 bits per heavy atom. The Labute approximate surface area is 104 Å². The van der Waals surface area contributed by atoms with Crippen molar-refractivity contribution in [1.82, 2.24) is 20.2 Å². The zero-order valence-electron chi connectivity index (χ0n) is 10.5. The van der Waals surface area contributed by atoms with Gasteiger partial charge in [-0.2, -0.15) is 0 Å². The van der Waals surface area contributed by atoms with Crippen molar-refractivity contribution >= 4 is 5.97 Å². The highest BCUT2D eigenvalue weighted by Gasteiger charge is 2.19. The molecule has 96 valence electrons. The molecule has 0 amide bonds. The summed E-state index contributed by atoms with van der Waals surface area (Å²) in [5.74, 6) is 0.255. The number of methoxy groups -OCH3 is 1. The molecule has 0 bridgehead atoms. The monoisotopic (exact) mass is 250 g/mol. The van der Waals surface area contributed by atoms with Crippen LogP contribution in [-0.4, -0.2) is 33.2 Å². The Morgan fingerprint density at radius 1 is 1.56 bits per heavy atom. The van der Waals surface area contributed by atoms with Crippen molar-refractivity contribution < 1.29 is 14.1 Å². The van der Waals surface area contributed by atoms with Gasteiger partial charge in [0.25, 0.3) is 0 Å². The van der Waals surface area contributed by atoms with Crippen LogP contribution in [0.3, 0.4) is 0 Å². The molecular formula is C11H14N4O3. The Bertz CT molecular complexity index is 558. The molecule has 2 heterocycles. The van der Waals surface area contributed by atoms with E-state index < -0.39 is 5.97 Å². The molecule has 0 saturated carbocycles. The van der Waals surface area contributed by atoms with Gasteiger partial charge in [0, 0.05) is 6.07 Å². The van der Waals surface area contributed by atoms with Crippen LogP contribution in [-0.2, 0) is 17.7 Å². The van der Waals surface area contributed by atoms with Crippen molar-refractivity contribution in [2.75, 3.05) is 7.11 Å². The molecule has 0 atom stereocenters. The third-order valence-corrected chi connectivity index (χ3v) is 2.54. The van der Waals surface area contributed by atoms with E-state index in [-0.39, 0.29) is 5.69 Å². The van der Waals surface area contributed by atoms with Gasteiger partial charge in [-0.3, -0.25) is 0 Å². The number of rotatable bonds is 4. The topological polar surface area (TPSA) is 83.0 Å². The fourth-order valence-electron chi connectivity index (χ4n) is 1.71. The predicted octanol–water partition coefficient (Wildman–Crippen LogP) is 0.972. The molecule has 0 saturated heterocycles. The Kier molecular flexibility index (Phi) is 3.40. The summed E-state index contributed by atoms with van der Waals surface area (Å²) in [7, 11) is 1.32. The number of aryl methyl sites for hydroxylation is 1. The molecule has 0 N–H and O–H groups in total. The molecule has 2 aromatic heterocycles. The van der Waals surface area contributed by atoms with E-state index in [4.69, 9.17) is 4.52 Å². The third kappa shape index (κ3) is 2.24. The molecule has 2 aromatic rings. The number of hydrogen-bond donors (Lipinski definition) is 0. The summed E-state index contributed by atoms with van der Waals surface area (Å²) < 4.78 is 11.3. The van der Waals surface area contributed by atoms with Crippen LogP contribution < -0.4 is 0 Å². The molecule has 0 aromatic carbocycles.